The van der Waals surface area contributed by atoms with Crippen LogP contribution in [-0.4, -0.2) is 15.0 Å². The highest BCUT2D eigenvalue weighted by Gasteiger charge is 2.21. The van der Waals surface area contributed by atoms with Crippen LogP contribution in [0.2, 0.25) is 0 Å². The first-order valence-electron chi connectivity index (χ1n) is 18.0. The summed E-state index contributed by atoms with van der Waals surface area (Å²) in [6, 6.07) is 59.4. The summed E-state index contributed by atoms with van der Waals surface area (Å²) in [5, 5.41) is 5.75. The van der Waals surface area contributed by atoms with Gasteiger partial charge in [0.2, 0.25) is 0 Å². The van der Waals surface area contributed by atoms with E-state index in [1.54, 1.807) is 0 Å². The van der Waals surface area contributed by atoms with Crippen LogP contribution in [0.15, 0.2) is 180 Å². The van der Waals surface area contributed by atoms with Crippen molar-refractivity contribution in [1.29, 1.82) is 0 Å². The highest BCUT2D eigenvalue weighted by atomic mass is 32.1. The summed E-state index contributed by atoms with van der Waals surface area (Å²) in [5.74, 6) is 0.664. The van der Waals surface area contributed by atoms with Crippen molar-refractivity contribution in [3.8, 4) is 56.2 Å². The quantitative estimate of drug-likeness (QED) is 0.179. The summed E-state index contributed by atoms with van der Waals surface area (Å²) >= 11 is 1.83. The maximum atomic E-state index is 6.81. The Kier molecular flexibility index (Phi) is 7.00. The maximum Gasteiger partial charge on any atom is 0.160 e. The number of para-hydroxylation sites is 1. The fourth-order valence-electron chi connectivity index (χ4n) is 7.88. The summed E-state index contributed by atoms with van der Waals surface area (Å²) in [5.41, 5.74) is 11.8. The van der Waals surface area contributed by atoms with Crippen molar-refractivity contribution >= 4 is 64.4 Å². The normalized spacial score (nSPS) is 11.7. The average molecular weight is 708 g/mol. The van der Waals surface area contributed by atoms with E-state index in [0.717, 1.165) is 83.2 Å². The van der Waals surface area contributed by atoms with Gasteiger partial charge in [0.25, 0.3) is 0 Å². The fraction of sp³-hybridized carbons (Fsp3) is 0. The van der Waals surface area contributed by atoms with Crippen molar-refractivity contribution in [3.05, 3.63) is 176 Å². The first-order valence-corrected chi connectivity index (χ1v) is 18.8. The predicted octanol–water partition coefficient (Wildman–Crippen LogP) is 13.6. The molecule has 0 unspecified atom stereocenters. The molecule has 0 N–H and O–H groups in total. The van der Waals surface area contributed by atoms with Crippen LogP contribution >= 0.6 is 11.3 Å². The lowest BCUT2D eigenvalue weighted by molar-refractivity contribution is 0.670. The number of nitrogens with zero attached hydrogens (tertiary/aromatic N) is 3. The Morgan fingerprint density at radius 3 is 2.04 bits per heavy atom. The van der Waals surface area contributed by atoms with E-state index < -0.39 is 0 Å². The van der Waals surface area contributed by atoms with Gasteiger partial charge in [0, 0.05) is 64.8 Å². The van der Waals surface area contributed by atoms with E-state index in [1.165, 1.54) is 20.2 Å². The lowest BCUT2D eigenvalue weighted by atomic mass is 9.94. The molecule has 0 saturated carbocycles. The second-order valence-corrected chi connectivity index (χ2v) is 14.6. The molecule has 4 nitrogen and oxygen atoms in total. The van der Waals surface area contributed by atoms with Crippen molar-refractivity contribution < 1.29 is 4.42 Å². The SMILES string of the molecule is c1ccc(-c2cc(-c3ccc(-c4cccc5sc6ccccc6c45)c4oc5ccccc5c34)nc(-c3ccc(-c4cccc5ncccc45)cc3)n2)cc1. The van der Waals surface area contributed by atoms with Crippen molar-refractivity contribution in [3.63, 3.8) is 0 Å². The van der Waals surface area contributed by atoms with Crippen LogP contribution in [0.4, 0.5) is 0 Å². The second kappa shape index (κ2) is 12.3. The molecule has 4 heterocycles. The largest absolute Gasteiger partial charge is 0.455 e. The summed E-state index contributed by atoms with van der Waals surface area (Å²) in [4.78, 5) is 15.0. The standard InChI is InChI=1S/C49H29N3OS/c1-2-11-31(12-3-1)41-29-42(52-49(51-41)32-24-22-30(23-25-32)33-15-8-18-40-34(33)17-10-28-50-40)37-27-26-36(48-47(37)38-13-4-6-19-43(38)53-48)35-16-9-21-45-46(35)39-14-5-7-20-44(39)54-45/h1-29H. The highest BCUT2D eigenvalue weighted by Crippen LogP contribution is 2.46. The first-order chi connectivity index (χ1) is 26.8. The van der Waals surface area contributed by atoms with Crippen LogP contribution in [-0.2, 0) is 0 Å². The number of pyridine rings is 1. The molecule has 54 heavy (non-hydrogen) atoms. The number of furan rings is 1. The molecule has 0 amide bonds. The molecule has 0 aliphatic carbocycles. The maximum absolute atomic E-state index is 6.81. The topological polar surface area (TPSA) is 51.8 Å². The molecule has 5 heteroatoms. The minimum absolute atomic E-state index is 0.664. The van der Waals surface area contributed by atoms with Gasteiger partial charge < -0.3 is 4.42 Å². The Hall–Kier alpha value is -6.95. The van der Waals surface area contributed by atoms with E-state index in [0.29, 0.717) is 5.82 Å². The van der Waals surface area contributed by atoms with Crippen molar-refractivity contribution in [1.82, 2.24) is 15.0 Å². The van der Waals surface area contributed by atoms with Gasteiger partial charge in [-0.1, -0.05) is 127 Å². The molecule has 0 bridgehead atoms. The van der Waals surface area contributed by atoms with Crippen LogP contribution in [0, 0.1) is 0 Å². The minimum atomic E-state index is 0.664. The van der Waals surface area contributed by atoms with E-state index in [4.69, 9.17) is 14.4 Å². The van der Waals surface area contributed by atoms with Gasteiger partial charge in [-0.05, 0) is 59.2 Å². The Bertz CT molecular complexity index is 3210. The molecule has 0 spiro atoms. The summed E-state index contributed by atoms with van der Waals surface area (Å²) in [6.45, 7) is 0. The molecule has 0 saturated heterocycles. The molecular formula is C49H29N3OS. The lowest BCUT2D eigenvalue weighted by Crippen LogP contribution is -1.96. The second-order valence-electron chi connectivity index (χ2n) is 13.5. The number of thiophene rings is 1. The van der Waals surface area contributed by atoms with Gasteiger partial charge in [-0.15, -0.1) is 11.3 Å². The number of hydrogen-bond donors (Lipinski definition) is 0. The smallest absolute Gasteiger partial charge is 0.160 e. The predicted molar refractivity (Wildman–Crippen MR) is 225 cm³/mol. The van der Waals surface area contributed by atoms with Crippen LogP contribution in [0.3, 0.4) is 0 Å². The summed E-state index contributed by atoms with van der Waals surface area (Å²) in [7, 11) is 0. The van der Waals surface area contributed by atoms with Gasteiger partial charge in [-0.25, -0.2) is 9.97 Å². The van der Waals surface area contributed by atoms with Gasteiger partial charge in [0.15, 0.2) is 5.82 Å². The van der Waals surface area contributed by atoms with E-state index in [-0.39, 0.29) is 0 Å². The molecule has 0 atom stereocenters. The molecule has 11 aromatic rings. The number of hydrogen-bond acceptors (Lipinski definition) is 5. The van der Waals surface area contributed by atoms with Gasteiger partial charge in [0.1, 0.15) is 11.2 Å². The van der Waals surface area contributed by atoms with E-state index >= 15 is 0 Å². The van der Waals surface area contributed by atoms with E-state index in [2.05, 4.69) is 157 Å². The Morgan fingerprint density at radius 1 is 0.426 bits per heavy atom. The van der Waals surface area contributed by atoms with Crippen molar-refractivity contribution in [2.24, 2.45) is 0 Å². The number of benzene rings is 7. The molecule has 0 radical (unpaired) electrons. The molecular weight excluding hydrogens is 679 g/mol. The zero-order valence-electron chi connectivity index (χ0n) is 28.9. The third kappa shape index (κ3) is 4.94. The average Bonchev–Trinajstić information content (AvgIpc) is 3.83. The summed E-state index contributed by atoms with van der Waals surface area (Å²) < 4.78 is 9.35. The Balaban J connectivity index is 1.12. The van der Waals surface area contributed by atoms with Gasteiger partial charge in [-0.3, -0.25) is 4.98 Å². The number of fused-ring (bicyclic) bond motifs is 7. The summed E-state index contributed by atoms with van der Waals surface area (Å²) in [6.07, 6.45) is 1.84. The van der Waals surface area contributed by atoms with Gasteiger partial charge >= 0.3 is 0 Å². The fourth-order valence-corrected chi connectivity index (χ4v) is 9.01. The monoisotopic (exact) mass is 707 g/mol. The molecule has 0 fully saturated rings. The van der Waals surface area contributed by atoms with Crippen LogP contribution in [0.1, 0.15) is 0 Å². The van der Waals surface area contributed by atoms with Crippen LogP contribution in [0.25, 0.3) is 109 Å². The third-order valence-corrected chi connectivity index (χ3v) is 11.5. The number of aromatic nitrogens is 3. The zero-order chi connectivity index (χ0) is 35.6. The van der Waals surface area contributed by atoms with Crippen molar-refractivity contribution in [2.75, 3.05) is 0 Å². The first kappa shape index (κ1) is 30.7. The van der Waals surface area contributed by atoms with Gasteiger partial charge in [0.05, 0.1) is 16.9 Å². The molecule has 11 rings (SSSR count). The molecule has 252 valence electrons. The van der Waals surface area contributed by atoms with E-state index in [1.807, 2.05) is 35.7 Å². The Morgan fingerprint density at radius 2 is 1.13 bits per heavy atom. The van der Waals surface area contributed by atoms with Gasteiger partial charge in [-0.2, -0.15) is 0 Å². The van der Waals surface area contributed by atoms with Crippen LogP contribution < -0.4 is 0 Å². The minimum Gasteiger partial charge on any atom is -0.455 e. The van der Waals surface area contributed by atoms with Crippen molar-refractivity contribution in [2.45, 2.75) is 0 Å². The molecule has 0 aliphatic rings. The third-order valence-electron chi connectivity index (χ3n) is 10.4. The zero-order valence-corrected chi connectivity index (χ0v) is 29.7. The Labute approximate surface area is 314 Å². The molecule has 0 aliphatic heterocycles. The lowest BCUT2D eigenvalue weighted by Gasteiger charge is -2.13. The molecule has 7 aromatic carbocycles. The number of rotatable bonds is 5. The van der Waals surface area contributed by atoms with E-state index in [9.17, 15) is 0 Å². The molecule has 4 aromatic heterocycles. The van der Waals surface area contributed by atoms with Crippen LogP contribution in [0.5, 0.6) is 0 Å². The highest BCUT2D eigenvalue weighted by molar-refractivity contribution is 7.25.